The highest BCUT2D eigenvalue weighted by Gasteiger charge is 2.22. The minimum atomic E-state index is -2.31. The Bertz CT molecular complexity index is 315. The van der Waals surface area contributed by atoms with Gasteiger partial charge in [-0.2, -0.15) is 0 Å². The van der Waals surface area contributed by atoms with Crippen molar-refractivity contribution in [3.63, 3.8) is 0 Å². The number of rotatable bonds is 1. The summed E-state index contributed by atoms with van der Waals surface area (Å²) in [5.74, 6) is 0. The number of halogens is 2. The molecule has 0 aromatic carbocycles. The molecule has 0 fully saturated rings. The molecule has 1 aliphatic rings. The summed E-state index contributed by atoms with van der Waals surface area (Å²) in [6, 6.07) is 0. The van der Waals surface area contributed by atoms with Crippen LogP contribution in [0.15, 0.2) is 6.20 Å². The molecule has 0 aliphatic heterocycles. The van der Waals surface area contributed by atoms with E-state index < -0.39 is 6.43 Å². The van der Waals surface area contributed by atoms with Gasteiger partial charge in [0.25, 0.3) is 6.43 Å². The first-order valence-electron chi connectivity index (χ1n) is 4.65. The lowest BCUT2D eigenvalue weighted by molar-refractivity contribution is 0.150. The third-order valence-electron chi connectivity index (χ3n) is 2.78. The van der Waals surface area contributed by atoms with E-state index in [9.17, 15) is 8.78 Å². The average molecular weight is 185 g/mol. The van der Waals surface area contributed by atoms with Crippen LogP contribution in [0.1, 0.15) is 36.1 Å². The Morgan fingerprint density at radius 3 is 2.69 bits per heavy atom. The van der Waals surface area contributed by atoms with Crippen molar-refractivity contribution in [2.75, 3.05) is 0 Å². The minimum absolute atomic E-state index is 0.247. The van der Waals surface area contributed by atoms with Gasteiger partial charge in [0.05, 0.1) is 0 Å². The number of hydrogen-bond acceptors (Lipinski definition) is 0. The fraction of sp³-hybridized carbons (Fsp3) is 0.600. The van der Waals surface area contributed by atoms with Crippen molar-refractivity contribution in [2.24, 2.45) is 7.05 Å². The summed E-state index contributed by atoms with van der Waals surface area (Å²) in [4.78, 5) is 0. The molecular weight excluding hydrogens is 172 g/mol. The summed E-state index contributed by atoms with van der Waals surface area (Å²) < 4.78 is 27.0. The predicted molar refractivity (Wildman–Crippen MR) is 47.0 cm³/mol. The molecule has 1 nitrogen and oxygen atoms in total. The van der Waals surface area contributed by atoms with E-state index >= 15 is 0 Å². The zero-order valence-corrected chi connectivity index (χ0v) is 7.69. The molecule has 0 bridgehead atoms. The van der Waals surface area contributed by atoms with Crippen molar-refractivity contribution in [3.05, 3.63) is 23.0 Å². The normalized spacial score (nSPS) is 16.3. The van der Waals surface area contributed by atoms with E-state index in [-0.39, 0.29) is 5.56 Å². The van der Waals surface area contributed by atoms with Crippen LogP contribution in [0.2, 0.25) is 0 Å². The zero-order chi connectivity index (χ0) is 9.42. The van der Waals surface area contributed by atoms with E-state index in [1.54, 1.807) is 6.20 Å². The second kappa shape index (κ2) is 3.13. The highest BCUT2D eigenvalue weighted by atomic mass is 19.3. The Balaban J connectivity index is 2.47. The van der Waals surface area contributed by atoms with E-state index in [0.29, 0.717) is 0 Å². The van der Waals surface area contributed by atoms with Gasteiger partial charge in [0.1, 0.15) is 0 Å². The SMILES string of the molecule is Cn1cc(C(F)F)c2c1CCCC2. The fourth-order valence-corrected chi connectivity index (χ4v) is 2.14. The molecule has 0 radical (unpaired) electrons. The summed E-state index contributed by atoms with van der Waals surface area (Å²) in [6.45, 7) is 0. The number of alkyl halides is 2. The minimum Gasteiger partial charge on any atom is -0.354 e. The smallest absolute Gasteiger partial charge is 0.265 e. The Morgan fingerprint density at radius 2 is 2.00 bits per heavy atom. The van der Waals surface area contributed by atoms with Crippen LogP contribution >= 0.6 is 0 Å². The third kappa shape index (κ3) is 1.36. The van der Waals surface area contributed by atoms with Crippen LogP contribution in [0.25, 0.3) is 0 Å². The number of nitrogens with zero attached hydrogens (tertiary/aromatic N) is 1. The van der Waals surface area contributed by atoms with Gasteiger partial charge in [0.2, 0.25) is 0 Å². The summed E-state index contributed by atoms with van der Waals surface area (Å²) in [5, 5.41) is 0. The predicted octanol–water partition coefficient (Wildman–Crippen LogP) is 2.84. The van der Waals surface area contributed by atoms with Gasteiger partial charge in [-0.05, 0) is 31.2 Å². The molecule has 1 aromatic rings. The van der Waals surface area contributed by atoms with Crippen molar-refractivity contribution >= 4 is 0 Å². The molecule has 0 saturated carbocycles. The van der Waals surface area contributed by atoms with Gasteiger partial charge in [-0.15, -0.1) is 0 Å². The summed E-state index contributed by atoms with van der Waals surface area (Å²) >= 11 is 0. The maximum Gasteiger partial charge on any atom is 0.265 e. The van der Waals surface area contributed by atoms with Crippen LogP contribution in [0.5, 0.6) is 0 Å². The highest BCUT2D eigenvalue weighted by molar-refractivity contribution is 5.34. The first kappa shape index (κ1) is 8.73. The zero-order valence-electron chi connectivity index (χ0n) is 7.69. The maximum absolute atomic E-state index is 12.6. The first-order valence-corrected chi connectivity index (χ1v) is 4.65. The lowest BCUT2D eigenvalue weighted by Gasteiger charge is -2.13. The molecule has 3 heteroatoms. The van der Waals surface area contributed by atoms with Gasteiger partial charge in [-0.1, -0.05) is 0 Å². The molecule has 72 valence electrons. The Kier molecular flexibility index (Phi) is 2.10. The average Bonchev–Trinajstić information content (AvgIpc) is 2.45. The second-order valence-corrected chi connectivity index (χ2v) is 3.63. The number of hydrogen-bond donors (Lipinski definition) is 0. The molecule has 0 atom stereocenters. The summed E-state index contributed by atoms with van der Waals surface area (Å²) in [5.41, 5.74) is 2.27. The van der Waals surface area contributed by atoms with E-state index in [1.807, 2.05) is 11.6 Å². The summed E-state index contributed by atoms with van der Waals surface area (Å²) in [7, 11) is 1.86. The van der Waals surface area contributed by atoms with Crippen molar-refractivity contribution in [1.82, 2.24) is 4.57 Å². The van der Waals surface area contributed by atoms with Crippen molar-refractivity contribution < 1.29 is 8.78 Å². The molecule has 1 heterocycles. The van der Waals surface area contributed by atoms with Gasteiger partial charge in [-0.3, -0.25) is 0 Å². The van der Waals surface area contributed by atoms with Gasteiger partial charge >= 0.3 is 0 Å². The first-order chi connectivity index (χ1) is 6.20. The van der Waals surface area contributed by atoms with Crippen LogP contribution in [0, 0.1) is 0 Å². The standard InChI is InChI=1S/C10H13F2N/c1-13-6-8(10(11)12)7-4-2-3-5-9(7)13/h6,10H,2-5H2,1H3. The van der Waals surface area contributed by atoms with Crippen LogP contribution < -0.4 is 0 Å². The molecule has 0 spiro atoms. The van der Waals surface area contributed by atoms with E-state index in [2.05, 4.69) is 0 Å². The van der Waals surface area contributed by atoms with Gasteiger partial charge in [-0.25, -0.2) is 8.78 Å². The van der Waals surface area contributed by atoms with Gasteiger partial charge in [0, 0.05) is 24.5 Å². The van der Waals surface area contributed by atoms with Gasteiger partial charge < -0.3 is 4.57 Å². The van der Waals surface area contributed by atoms with Crippen molar-refractivity contribution in [1.29, 1.82) is 0 Å². The molecule has 2 rings (SSSR count). The quantitative estimate of drug-likeness (QED) is 0.634. The lowest BCUT2D eigenvalue weighted by Crippen LogP contribution is -2.05. The van der Waals surface area contributed by atoms with E-state index in [0.717, 1.165) is 36.9 Å². The summed E-state index contributed by atoms with van der Waals surface area (Å²) in [6.07, 6.45) is 3.24. The monoisotopic (exact) mass is 185 g/mol. The van der Waals surface area contributed by atoms with Crippen LogP contribution in [0.4, 0.5) is 8.78 Å². The molecule has 0 saturated heterocycles. The number of fused-ring (bicyclic) bond motifs is 1. The molecule has 0 amide bonds. The molecule has 13 heavy (non-hydrogen) atoms. The third-order valence-corrected chi connectivity index (χ3v) is 2.78. The van der Waals surface area contributed by atoms with Gasteiger partial charge in [0.15, 0.2) is 0 Å². The molecular formula is C10H13F2N. The van der Waals surface area contributed by atoms with Crippen LogP contribution in [-0.2, 0) is 19.9 Å². The number of aryl methyl sites for hydroxylation is 1. The largest absolute Gasteiger partial charge is 0.354 e. The fourth-order valence-electron chi connectivity index (χ4n) is 2.14. The van der Waals surface area contributed by atoms with Crippen LogP contribution in [-0.4, -0.2) is 4.57 Å². The van der Waals surface area contributed by atoms with Crippen molar-refractivity contribution in [3.8, 4) is 0 Å². The molecule has 0 N–H and O–H groups in total. The lowest BCUT2D eigenvalue weighted by atomic mass is 9.95. The maximum atomic E-state index is 12.6. The van der Waals surface area contributed by atoms with E-state index in [1.165, 1.54) is 0 Å². The molecule has 0 unspecified atom stereocenters. The topological polar surface area (TPSA) is 4.93 Å². The Morgan fingerprint density at radius 1 is 1.31 bits per heavy atom. The number of aromatic nitrogens is 1. The second-order valence-electron chi connectivity index (χ2n) is 3.63. The Labute approximate surface area is 76.4 Å². The van der Waals surface area contributed by atoms with E-state index in [4.69, 9.17) is 0 Å². The van der Waals surface area contributed by atoms with Crippen molar-refractivity contribution in [2.45, 2.75) is 32.1 Å². The highest BCUT2D eigenvalue weighted by Crippen LogP contribution is 2.31. The van der Waals surface area contributed by atoms with Crippen LogP contribution in [0.3, 0.4) is 0 Å². The Hall–Kier alpha value is -0.860. The molecule has 1 aromatic heterocycles. The molecule has 1 aliphatic carbocycles.